The predicted octanol–water partition coefficient (Wildman–Crippen LogP) is 2.27. The maximum absolute atomic E-state index is 11.1. The van der Waals surface area contributed by atoms with Gasteiger partial charge in [0.05, 0.1) is 12.0 Å². The van der Waals surface area contributed by atoms with E-state index in [1.54, 1.807) is 12.1 Å². The monoisotopic (exact) mass is 232 g/mol. The van der Waals surface area contributed by atoms with E-state index in [0.29, 0.717) is 11.3 Å². The van der Waals surface area contributed by atoms with Crippen LogP contribution in [0.1, 0.15) is 5.56 Å². The molecule has 0 saturated carbocycles. The minimum atomic E-state index is -3.76. The third-order valence-corrected chi connectivity index (χ3v) is 3.08. The Kier molecular flexibility index (Phi) is 3.18. The zero-order chi connectivity index (χ0) is 10.8. The molecule has 0 radical (unpaired) electrons. The minimum Gasteiger partial charge on any atom is -0.497 e. The van der Waals surface area contributed by atoms with Gasteiger partial charge in [0.25, 0.3) is 9.05 Å². The molecule has 0 atom stereocenters. The van der Waals surface area contributed by atoms with Crippen molar-refractivity contribution in [3.05, 3.63) is 30.3 Å². The van der Waals surface area contributed by atoms with E-state index in [0.717, 1.165) is 0 Å². The fourth-order valence-electron chi connectivity index (χ4n) is 1.02. The molecular weight excluding hydrogens is 224 g/mol. The Morgan fingerprint density at radius 1 is 1.50 bits per heavy atom. The molecule has 0 bridgehead atoms. The van der Waals surface area contributed by atoms with E-state index in [1.807, 2.05) is 0 Å². The van der Waals surface area contributed by atoms with E-state index in [1.165, 1.54) is 19.3 Å². The van der Waals surface area contributed by atoms with Crippen LogP contribution < -0.4 is 4.74 Å². The summed E-state index contributed by atoms with van der Waals surface area (Å²) in [5, 5.41) is 0. The second-order valence-corrected chi connectivity index (χ2v) is 5.08. The first-order chi connectivity index (χ1) is 6.49. The van der Waals surface area contributed by atoms with Crippen molar-refractivity contribution in [1.29, 1.82) is 0 Å². The van der Waals surface area contributed by atoms with E-state index in [9.17, 15) is 8.42 Å². The molecule has 5 heteroatoms. The average Bonchev–Trinajstić information content (AvgIpc) is 2.15. The highest BCUT2D eigenvalue weighted by atomic mass is 35.7. The van der Waals surface area contributed by atoms with Crippen LogP contribution in [0.3, 0.4) is 0 Å². The van der Waals surface area contributed by atoms with Gasteiger partial charge in [-0.3, -0.25) is 0 Å². The highest BCUT2D eigenvalue weighted by molar-refractivity contribution is 8.13. The molecule has 1 rings (SSSR count). The molecule has 0 aliphatic carbocycles. The summed E-state index contributed by atoms with van der Waals surface area (Å²) in [6.45, 7) is 3.50. The molecule has 0 unspecified atom stereocenters. The van der Waals surface area contributed by atoms with Crippen molar-refractivity contribution in [3.63, 3.8) is 0 Å². The lowest BCUT2D eigenvalue weighted by atomic mass is 10.2. The van der Waals surface area contributed by atoms with Crippen molar-refractivity contribution < 1.29 is 13.2 Å². The van der Waals surface area contributed by atoms with Crippen LogP contribution in [0.2, 0.25) is 0 Å². The number of rotatable bonds is 3. The summed E-state index contributed by atoms with van der Waals surface area (Å²) in [5.41, 5.74) is 0.459. The van der Waals surface area contributed by atoms with Crippen LogP contribution in [0.5, 0.6) is 5.75 Å². The second kappa shape index (κ2) is 4.02. The van der Waals surface area contributed by atoms with Gasteiger partial charge in [-0.1, -0.05) is 12.7 Å². The lowest BCUT2D eigenvalue weighted by molar-refractivity contribution is 0.413. The Morgan fingerprint density at radius 2 is 2.14 bits per heavy atom. The molecular formula is C9H9ClO3S. The lowest BCUT2D eigenvalue weighted by Crippen LogP contribution is -1.95. The molecule has 0 aliphatic heterocycles. The smallest absolute Gasteiger partial charge is 0.262 e. The Labute approximate surface area is 87.4 Å². The molecule has 0 spiro atoms. The van der Waals surface area contributed by atoms with Gasteiger partial charge in [-0.2, -0.15) is 0 Å². The summed E-state index contributed by atoms with van der Waals surface area (Å²) in [6.07, 6.45) is 1.43. The van der Waals surface area contributed by atoms with E-state index in [-0.39, 0.29) is 4.90 Å². The molecule has 14 heavy (non-hydrogen) atoms. The first-order valence-electron chi connectivity index (χ1n) is 3.74. The first kappa shape index (κ1) is 11.1. The average molecular weight is 233 g/mol. The molecule has 1 aromatic rings. The van der Waals surface area contributed by atoms with E-state index >= 15 is 0 Å². The van der Waals surface area contributed by atoms with Gasteiger partial charge in [0, 0.05) is 16.7 Å². The van der Waals surface area contributed by atoms with Crippen LogP contribution in [0.15, 0.2) is 29.7 Å². The third kappa shape index (κ3) is 2.27. The molecule has 0 fully saturated rings. The Bertz CT molecular complexity index is 451. The Morgan fingerprint density at radius 3 is 2.57 bits per heavy atom. The van der Waals surface area contributed by atoms with Crippen molar-refractivity contribution in [2.75, 3.05) is 7.11 Å². The molecule has 0 aliphatic rings. The van der Waals surface area contributed by atoms with Gasteiger partial charge >= 0.3 is 0 Å². The molecule has 76 valence electrons. The molecule has 3 nitrogen and oxygen atoms in total. The van der Waals surface area contributed by atoms with Crippen molar-refractivity contribution in [2.24, 2.45) is 0 Å². The Hall–Kier alpha value is -1.000. The maximum atomic E-state index is 11.1. The Balaban J connectivity index is 3.44. The van der Waals surface area contributed by atoms with Crippen LogP contribution in [0.4, 0.5) is 0 Å². The summed E-state index contributed by atoms with van der Waals surface area (Å²) in [4.78, 5) is 0.00789. The SMILES string of the molecule is C=Cc1ccc(OC)cc1S(=O)(=O)Cl. The fourth-order valence-corrected chi connectivity index (χ4v) is 2.11. The van der Waals surface area contributed by atoms with Crippen LogP contribution in [0, 0.1) is 0 Å². The highest BCUT2D eigenvalue weighted by Crippen LogP contribution is 2.25. The van der Waals surface area contributed by atoms with Gasteiger partial charge in [0.15, 0.2) is 0 Å². The van der Waals surface area contributed by atoms with Crippen molar-refractivity contribution in [3.8, 4) is 5.75 Å². The van der Waals surface area contributed by atoms with Crippen LogP contribution in [-0.2, 0) is 9.05 Å². The summed E-state index contributed by atoms with van der Waals surface area (Å²) in [7, 11) is 2.94. The molecule has 0 aromatic heterocycles. The number of methoxy groups -OCH3 is 1. The normalized spacial score (nSPS) is 11.0. The largest absolute Gasteiger partial charge is 0.497 e. The number of ether oxygens (including phenoxy) is 1. The number of hydrogen-bond acceptors (Lipinski definition) is 3. The first-order valence-corrected chi connectivity index (χ1v) is 6.05. The summed E-state index contributed by atoms with van der Waals surface area (Å²) < 4.78 is 27.2. The fraction of sp³-hybridized carbons (Fsp3) is 0.111. The highest BCUT2D eigenvalue weighted by Gasteiger charge is 2.14. The lowest BCUT2D eigenvalue weighted by Gasteiger charge is -2.05. The number of benzene rings is 1. The van der Waals surface area contributed by atoms with Crippen molar-refractivity contribution >= 4 is 25.8 Å². The van der Waals surface area contributed by atoms with Crippen LogP contribution >= 0.6 is 10.7 Å². The predicted molar refractivity (Wildman–Crippen MR) is 56.1 cm³/mol. The van der Waals surface area contributed by atoms with E-state index < -0.39 is 9.05 Å². The molecule has 0 heterocycles. The third-order valence-electron chi connectivity index (χ3n) is 1.70. The molecule has 0 N–H and O–H groups in total. The molecule has 0 amide bonds. The van der Waals surface area contributed by atoms with Gasteiger partial charge in [-0.25, -0.2) is 8.42 Å². The number of hydrogen-bond donors (Lipinski definition) is 0. The zero-order valence-electron chi connectivity index (χ0n) is 7.53. The molecule has 1 aromatic carbocycles. The summed E-state index contributed by atoms with van der Waals surface area (Å²) in [5.74, 6) is 0.440. The zero-order valence-corrected chi connectivity index (χ0v) is 9.10. The summed E-state index contributed by atoms with van der Waals surface area (Å²) >= 11 is 0. The van der Waals surface area contributed by atoms with Crippen LogP contribution in [-0.4, -0.2) is 15.5 Å². The quantitative estimate of drug-likeness (QED) is 0.751. The maximum Gasteiger partial charge on any atom is 0.262 e. The van der Waals surface area contributed by atoms with Crippen molar-refractivity contribution in [1.82, 2.24) is 0 Å². The second-order valence-electron chi connectivity index (χ2n) is 2.55. The molecule has 0 saturated heterocycles. The standard InChI is InChI=1S/C9H9ClO3S/c1-3-7-4-5-8(13-2)6-9(7)14(10,11)12/h3-6H,1H2,2H3. The van der Waals surface area contributed by atoms with Gasteiger partial charge in [-0.15, -0.1) is 0 Å². The summed E-state index contributed by atoms with van der Waals surface area (Å²) in [6, 6.07) is 4.59. The van der Waals surface area contributed by atoms with Crippen LogP contribution in [0.25, 0.3) is 6.08 Å². The van der Waals surface area contributed by atoms with E-state index in [4.69, 9.17) is 15.4 Å². The number of halogens is 1. The topological polar surface area (TPSA) is 43.4 Å². The minimum absolute atomic E-state index is 0.00789. The van der Waals surface area contributed by atoms with E-state index in [2.05, 4.69) is 6.58 Å². The van der Waals surface area contributed by atoms with Gasteiger partial charge < -0.3 is 4.74 Å². The van der Waals surface area contributed by atoms with Gasteiger partial charge in [0.2, 0.25) is 0 Å². The van der Waals surface area contributed by atoms with Gasteiger partial charge in [-0.05, 0) is 17.7 Å². The van der Waals surface area contributed by atoms with Gasteiger partial charge in [0.1, 0.15) is 5.75 Å². The van der Waals surface area contributed by atoms with Crippen molar-refractivity contribution in [2.45, 2.75) is 4.90 Å².